The molecule has 0 spiro atoms. The van der Waals surface area contributed by atoms with Crippen LogP contribution < -0.4 is 10.3 Å². The standard InChI is InChI=1S/C21H17BrN4O4/c1-4-10-30-19-14(6-5-7-18(19)26(28)29)12-23-25-20(13(2)3)24-17-9-8-15(22)11-16(17)21(25)27/h1,5-9,11-13H,10H2,2-3H3. The Hall–Kier alpha value is -3.51. The summed E-state index contributed by atoms with van der Waals surface area (Å²) in [5.41, 5.74) is 0.283. The van der Waals surface area contributed by atoms with E-state index in [0.29, 0.717) is 22.3 Å². The fraction of sp³-hybridized carbons (Fsp3) is 0.190. The van der Waals surface area contributed by atoms with Gasteiger partial charge in [0.2, 0.25) is 5.75 Å². The Bertz CT molecular complexity index is 1260. The molecule has 0 aliphatic carbocycles. The molecule has 0 N–H and O–H groups in total. The van der Waals surface area contributed by atoms with Gasteiger partial charge in [-0.1, -0.05) is 41.8 Å². The molecule has 0 bridgehead atoms. The highest BCUT2D eigenvalue weighted by Crippen LogP contribution is 2.30. The van der Waals surface area contributed by atoms with Crippen molar-refractivity contribution in [2.75, 3.05) is 6.61 Å². The molecule has 8 nitrogen and oxygen atoms in total. The SMILES string of the molecule is C#CCOc1c(C=Nn2c(C(C)C)nc3ccc(Br)cc3c2=O)cccc1[N+](=O)[O-]. The van der Waals surface area contributed by atoms with Crippen molar-refractivity contribution in [3.63, 3.8) is 0 Å². The zero-order valence-corrected chi connectivity index (χ0v) is 17.8. The zero-order valence-electron chi connectivity index (χ0n) is 16.2. The number of rotatable bonds is 6. The molecule has 9 heteroatoms. The second-order valence-electron chi connectivity index (χ2n) is 6.59. The third-order valence-electron chi connectivity index (χ3n) is 4.18. The maximum absolute atomic E-state index is 13.1. The van der Waals surface area contributed by atoms with Crippen molar-refractivity contribution in [2.45, 2.75) is 19.8 Å². The van der Waals surface area contributed by atoms with Gasteiger partial charge in [-0.15, -0.1) is 6.42 Å². The molecule has 30 heavy (non-hydrogen) atoms. The van der Waals surface area contributed by atoms with Crippen molar-refractivity contribution in [3.8, 4) is 18.1 Å². The molecule has 2 aromatic carbocycles. The van der Waals surface area contributed by atoms with Crippen molar-refractivity contribution < 1.29 is 9.66 Å². The van der Waals surface area contributed by atoms with Gasteiger partial charge in [-0.3, -0.25) is 14.9 Å². The quantitative estimate of drug-likeness (QED) is 0.234. The lowest BCUT2D eigenvalue weighted by Gasteiger charge is -2.12. The molecule has 0 saturated heterocycles. The number of aromatic nitrogens is 2. The van der Waals surface area contributed by atoms with E-state index in [2.05, 4.69) is 31.9 Å². The molecule has 0 fully saturated rings. The van der Waals surface area contributed by atoms with Crippen LogP contribution in [0.4, 0.5) is 5.69 Å². The molecule has 3 aromatic rings. The highest BCUT2D eigenvalue weighted by Gasteiger charge is 2.19. The molecule has 0 amide bonds. The van der Waals surface area contributed by atoms with Crippen molar-refractivity contribution in [1.29, 1.82) is 0 Å². The van der Waals surface area contributed by atoms with Crippen LogP contribution in [-0.4, -0.2) is 27.4 Å². The molecule has 0 aliphatic heterocycles. The molecule has 1 heterocycles. The Kier molecular flexibility index (Phi) is 6.28. The van der Waals surface area contributed by atoms with E-state index in [0.717, 1.165) is 4.47 Å². The van der Waals surface area contributed by atoms with E-state index < -0.39 is 4.92 Å². The molecular formula is C21H17BrN4O4. The Morgan fingerprint density at radius 3 is 2.83 bits per heavy atom. The topological polar surface area (TPSA) is 99.6 Å². The van der Waals surface area contributed by atoms with Gasteiger partial charge in [0, 0.05) is 22.0 Å². The van der Waals surface area contributed by atoms with Crippen molar-refractivity contribution in [3.05, 3.63) is 72.7 Å². The Balaban J connectivity index is 2.19. The summed E-state index contributed by atoms with van der Waals surface area (Å²) >= 11 is 3.36. The first-order valence-electron chi connectivity index (χ1n) is 8.93. The monoisotopic (exact) mass is 468 g/mol. The minimum atomic E-state index is -0.565. The molecule has 3 rings (SSSR count). The minimum Gasteiger partial charge on any atom is -0.473 e. The average Bonchev–Trinajstić information content (AvgIpc) is 2.71. The third kappa shape index (κ3) is 4.23. The van der Waals surface area contributed by atoms with Gasteiger partial charge in [-0.05, 0) is 24.3 Å². The van der Waals surface area contributed by atoms with Crippen LogP contribution in [0.25, 0.3) is 10.9 Å². The fourth-order valence-electron chi connectivity index (χ4n) is 2.83. The van der Waals surface area contributed by atoms with Gasteiger partial charge < -0.3 is 4.74 Å². The van der Waals surface area contributed by atoms with E-state index in [4.69, 9.17) is 11.2 Å². The number of terminal acetylenes is 1. The third-order valence-corrected chi connectivity index (χ3v) is 4.68. The van der Waals surface area contributed by atoms with Crippen LogP contribution in [0.3, 0.4) is 0 Å². The van der Waals surface area contributed by atoms with Gasteiger partial charge in [0.15, 0.2) is 0 Å². The molecule has 0 aliphatic rings. The number of nitro groups is 1. The Morgan fingerprint density at radius 1 is 1.40 bits per heavy atom. The smallest absolute Gasteiger partial charge is 0.311 e. The van der Waals surface area contributed by atoms with E-state index >= 15 is 0 Å². The number of halogens is 1. The van der Waals surface area contributed by atoms with Crippen molar-refractivity contribution in [2.24, 2.45) is 5.10 Å². The van der Waals surface area contributed by atoms with Crippen LogP contribution in [0.1, 0.15) is 31.2 Å². The summed E-state index contributed by atoms with van der Waals surface area (Å²) in [6.45, 7) is 3.65. The molecule has 1 aromatic heterocycles. The largest absolute Gasteiger partial charge is 0.473 e. The van der Waals surface area contributed by atoms with Crippen LogP contribution in [0, 0.1) is 22.5 Å². The maximum Gasteiger partial charge on any atom is 0.311 e. The Labute approximate surface area is 180 Å². The second kappa shape index (κ2) is 8.88. The van der Waals surface area contributed by atoms with E-state index in [1.807, 2.05) is 19.9 Å². The van der Waals surface area contributed by atoms with Gasteiger partial charge in [-0.2, -0.15) is 9.78 Å². The first kappa shape index (κ1) is 21.2. The van der Waals surface area contributed by atoms with Gasteiger partial charge in [0.05, 0.1) is 22.0 Å². The number of ether oxygens (including phenoxy) is 1. The van der Waals surface area contributed by atoms with Crippen molar-refractivity contribution >= 4 is 38.7 Å². The summed E-state index contributed by atoms with van der Waals surface area (Å²) < 4.78 is 7.32. The summed E-state index contributed by atoms with van der Waals surface area (Å²) in [6.07, 6.45) is 6.55. The Morgan fingerprint density at radius 2 is 2.17 bits per heavy atom. The van der Waals surface area contributed by atoms with Crippen LogP contribution in [-0.2, 0) is 0 Å². The number of nitrogens with zero attached hydrogens (tertiary/aromatic N) is 4. The van der Waals surface area contributed by atoms with Gasteiger partial charge in [0.1, 0.15) is 12.4 Å². The van der Waals surface area contributed by atoms with Crippen LogP contribution in [0.2, 0.25) is 0 Å². The predicted molar refractivity (Wildman–Crippen MR) is 118 cm³/mol. The number of fused-ring (bicyclic) bond motifs is 1. The zero-order chi connectivity index (χ0) is 21.8. The van der Waals surface area contributed by atoms with Crippen molar-refractivity contribution in [1.82, 2.24) is 9.66 Å². The summed E-state index contributed by atoms with van der Waals surface area (Å²) in [5.74, 6) is 2.64. The lowest BCUT2D eigenvalue weighted by molar-refractivity contribution is -0.385. The van der Waals surface area contributed by atoms with E-state index in [1.54, 1.807) is 18.2 Å². The number of para-hydroxylation sites is 1. The molecular weight excluding hydrogens is 452 g/mol. The summed E-state index contributed by atoms with van der Waals surface area (Å²) in [7, 11) is 0. The van der Waals surface area contributed by atoms with E-state index in [9.17, 15) is 14.9 Å². The fourth-order valence-corrected chi connectivity index (χ4v) is 3.19. The number of hydrogen-bond donors (Lipinski definition) is 0. The van der Waals surface area contributed by atoms with E-state index in [1.165, 1.54) is 23.0 Å². The number of benzene rings is 2. The molecule has 0 saturated carbocycles. The van der Waals surface area contributed by atoms with Crippen LogP contribution >= 0.6 is 15.9 Å². The van der Waals surface area contributed by atoms with Gasteiger partial charge in [0.25, 0.3) is 5.56 Å². The first-order chi connectivity index (χ1) is 14.3. The summed E-state index contributed by atoms with van der Waals surface area (Å²) in [4.78, 5) is 28.4. The van der Waals surface area contributed by atoms with E-state index in [-0.39, 0.29) is 29.5 Å². The predicted octanol–water partition coefficient (Wildman–Crippen LogP) is 4.08. The highest BCUT2D eigenvalue weighted by molar-refractivity contribution is 9.10. The highest BCUT2D eigenvalue weighted by atomic mass is 79.9. The normalized spacial score (nSPS) is 11.2. The molecule has 0 radical (unpaired) electrons. The molecule has 152 valence electrons. The summed E-state index contributed by atoms with van der Waals surface area (Å²) in [5, 5.41) is 16.0. The average molecular weight is 469 g/mol. The lowest BCUT2D eigenvalue weighted by atomic mass is 10.2. The second-order valence-corrected chi connectivity index (χ2v) is 7.51. The molecule has 0 unspecified atom stereocenters. The van der Waals surface area contributed by atoms with Gasteiger partial charge >= 0.3 is 5.69 Å². The number of hydrogen-bond acceptors (Lipinski definition) is 6. The van der Waals surface area contributed by atoms with Crippen LogP contribution in [0.15, 0.2) is 50.8 Å². The maximum atomic E-state index is 13.1. The molecule has 0 atom stereocenters. The number of nitro benzene ring substituents is 1. The minimum absolute atomic E-state index is 0.0140. The summed E-state index contributed by atoms with van der Waals surface area (Å²) in [6, 6.07) is 9.65. The first-order valence-corrected chi connectivity index (χ1v) is 9.73. The lowest BCUT2D eigenvalue weighted by Crippen LogP contribution is -2.23. The van der Waals surface area contributed by atoms with Gasteiger partial charge in [-0.25, -0.2) is 4.98 Å². The van der Waals surface area contributed by atoms with Crippen LogP contribution in [0.5, 0.6) is 5.75 Å².